The van der Waals surface area contributed by atoms with Gasteiger partial charge in [0.1, 0.15) is 0 Å². The van der Waals surface area contributed by atoms with Crippen molar-refractivity contribution in [3.63, 3.8) is 0 Å². The number of benzene rings is 2. The minimum Gasteiger partial charge on any atom is -0.493 e. The molecule has 0 unspecified atom stereocenters. The molecule has 0 aliphatic heterocycles. The molecule has 0 aromatic heterocycles. The minimum absolute atomic E-state index is 0.0282. The monoisotopic (exact) mass is 407 g/mol. The summed E-state index contributed by atoms with van der Waals surface area (Å²) in [5.41, 5.74) is 1.71. The van der Waals surface area contributed by atoms with Crippen LogP contribution in [0.3, 0.4) is 0 Å². The average molecular weight is 408 g/mol. The zero-order chi connectivity index (χ0) is 20.0. The normalized spacial score (nSPS) is 11.1. The first-order valence-electron chi connectivity index (χ1n) is 8.52. The van der Waals surface area contributed by atoms with Crippen LogP contribution in [0.5, 0.6) is 11.5 Å². The van der Waals surface area contributed by atoms with E-state index >= 15 is 0 Å². The number of likely N-dealkylation sites (N-methyl/N-ethyl adjacent to an activating group) is 1. The number of nitrogens with zero attached hydrogens (tertiary/aromatic N) is 1. The van der Waals surface area contributed by atoms with E-state index < -0.39 is 0 Å². The predicted octanol–water partition coefficient (Wildman–Crippen LogP) is 5.46. The van der Waals surface area contributed by atoms with Crippen LogP contribution in [-0.4, -0.2) is 31.1 Å². The van der Waals surface area contributed by atoms with Crippen LogP contribution in [0.25, 0.3) is 6.08 Å². The Morgan fingerprint density at radius 3 is 2.59 bits per heavy atom. The van der Waals surface area contributed by atoms with Gasteiger partial charge in [-0.2, -0.15) is 0 Å². The maximum atomic E-state index is 12.4. The topological polar surface area (TPSA) is 38.8 Å². The van der Waals surface area contributed by atoms with Gasteiger partial charge in [-0.3, -0.25) is 4.79 Å². The van der Waals surface area contributed by atoms with Crippen LogP contribution in [0.4, 0.5) is 0 Å². The molecule has 2 rings (SSSR count). The summed E-state index contributed by atoms with van der Waals surface area (Å²) in [7, 11) is 3.29. The van der Waals surface area contributed by atoms with Crippen molar-refractivity contribution in [3.8, 4) is 11.5 Å². The first-order valence-corrected chi connectivity index (χ1v) is 9.27. The third-order valence-electron chi connectivity index (χ3n) is 3.71. The summed E-state index contributed by atoms with van der Waals surface area (Å²) < 4.78 is 11.1. The molecule has 0 spiro atoms. The lowest BCUT2D eigenvalue weighted by molar-refractivity contribution is -0.125. The third kappa shape index (κ3) is 6.19. The standard InChI is InChI=1S/C21H23Cl2NO3/c1-14(2)27-21-18(23)11-15(12-19(21)26-4)8-9-20(25)24(3)13-16-6-5-7-17(22)10-16/h5-12,14H,13H2,1-4H3. The Morgan fingerprint density at radius 1 is 1.22 bits per heavy atom. The highest BCUT2D eigenvalue weighted by Crippen LogP contribution is 2.37. The molecular formula is C21H23Cl2NO3. The summed E-state index contributed by atoms with van der Waals surface area (Å²) >= 11 is 12.3. The molecule has 0 atom stereocenters. The first-order chi connectivity index (χ1) is 12.8. The molecular weight excluding hydrogens is 385 g/mol. The van der Waals surface area contributed by atoms with Crippen molar-refractivity contribution < 1.29 is 14.3 Å². The summed E-state index contributed by atoms with van der Waals surface area (Å²) in [5.74, 6) is 0.888. The van der Waals surface area contributed by atoms with E-state index in [-0.39, 0.29) is 12.0 Å². The van der Waals surface area contributed by atoms with Gasteiger partial charge in [0.15, 0.2) is 11.5 Å². The van der Waals surface area contributed by atoms with Crippen molar-refractivity contribution in [1.29, 1.82) is 0 Å². The highest BCUT2D eigenvalue weighted by Gasteiger charge is 2.13. The first kappa shape index (κ1) is 21.1. The molecule has 27 heavy (non-hydrogen) atoms. The van der Waals surface area contributed by atoms with Crippen LogP contribution in [0.15, 0.2) is 42.5 Å². The van der Waals surface area contributed by atoms with Gasteiger partial charge in [-0.05, 0) is 55.3 Å². The van der Waals surface area contributed by atoms with Crippen molar-refractivity contribution in [1.82, 2.24) is 4.90 Å². The summed E-state index contributed by atoms with van der Waals surface area (Å²) in [6, 6.07) is 11.0. The zero-order valence-corrected chi connectivity index (χ0v) is 17.3. The van der Waals surface area contributed by atoms with Gasteiger partial charge in [0.05, 0.1) is 18.2 Å². The third-order valence-corrected chi connectivity index (χ3v) is 4.22. The maximum absolute atomic E-state index is 12.4. The van der Waals surface area contributed by atoms with Gasteiger partial charge >= 0.3 is 0 Å². The lowest BCUT2D eigenvalue weighted by atomic mass is 10.1. The molecule has 1 amide bonds. The number of hydrogen-bond donors (Lipinski definition) is 0. The Balaban J connectivity index is 2.12. The molecule has 0 fully saturated rings. The molecule has 0 heterocycles. The Kier molecular flexibility index (Phi) is 7.57. The molecule has 4 nitrogen and oxygen atoms in total. The molecule has 0 bridgehead atoms. The van der Waals surface area contributed by atoms with Crippen molar-refractivity contribution in [2.75, 3.05) is 14.2 Å². The van der Waals surface area contributed by atoms with Gasteiger partial charge in [0.25, 0.3) is 0 Å². The van der Waals surface area contributed by atoms with Crippen LogP contribution < -0.4 is 9.47 Å². The number of amides is 1. The van der Waals surface area contributed by atoms with E-state index in [9.17, 15) is 4.79 Å². The molecule has 6 heteroatoms. The van der Waals surface area contributed by atoms with Gasteiger partial charge in [0, 0.05) is 24.7 Å². The second-order valence-corrected chi connectivity index (χ2v) is 7.20. The molecule has 0 saturated carbocycles. The van der Waals surface area contributed by atoms with E-state index in [4.69, 9.17) is 32.7 Å². The summed E-state index contributed by atoms with van der Waals surface area (Å²) in [6.45, 7) is 4.30. The van der Waals surface area contributed by atoms with Crippen LogP contribution in [-0.2, 0) is 11.3 Å². The van der Waals surface area contributed by atoms with Gasteiger partial charge in [-0.25, -0.2) is 0 Å². The van der Waals surface area contributed by atoms with Crippen molar-refractivity contribution >= 4 is 35.2 Å². The van der Waals surface area contributed by atoms with Gasteiger partial charge in [-0.1, -0.05) is 35.3 Å². The zero-order valence-electron chi connectivity index (χ0n) is 15.8. The highest BCUT2D eigenvalue weighted by atomic mass is 35.5. The molecule has 0 aliphatic rings. The molecule has 0 aliphatic carbocycles. The molecule has 0 N–H and O–H groups in total. The van der Waals surface area contributed by atoms with E-state index in [2.05, 4.69) is 0 Å². The van der Waals surface area contributed by atoms with E-state index in [1.54, 1.807) is 43.3 Å². The SMILES string of the molecule is COc1cc(C=CC(=O)N(C)Cc2cccc(Cl)c2)cc(Cl)c1OC(C)C. The van der Waals surface area contributed by atoms with E-state index in [0.29, 0.717) is 28.1 Å². The lowest BCUT2D eigenvalue weighted by Gasteiger charge is -2.16. The van der Waals surface area contributed by atoms with Crippen LogP contribution in [0, 0.1) is 0 Å². The van der Waals surface area contributed by atoms with Crippen molar-refractivity contribution in [3.05, 3.63) is 63.6 Å². The predicted molar refractivity (Wildman–Crippen MR) is 111 cm³/mol. The van der Waals surface area contributed by atoms with Crippen molar-refractivity contribution in [2.45, 2.75) is 26.5 Å². The second kappa shape index (κ2) is 9.67. The van der Waals surface area contributed by atoms with Gasteiger partial charge < -0.3 is 14.4 Å². The Bertz CT molecular complexity index is 834. The van der Waals surface area contributed by atoms with Crippen molar-refractivity contribution in [2.24, 2.45) is 0 Å². The molecule has 2 aromatic rings. The fraction of sp³-hybridized carbons (Fsp3) is 0.286. The largest absolute Gasteiger partial charge is 0.493 e. The highest BCUT2D eigenvalue weighted by molar-refractivity contribution is 6.32. The molecule has 144 valence electrons. The number of carbonyl (C=O) groups is 1. The molecule has 2 aromatic carbocycles. The number of hydrogen-bond acceptors (Lipinski definition) is 3. The maximum Gasteiger partial charge on any atom is 0.246 e. The lowest BCUT2D eigenvalue weighted by Crippen LogP contribution is -2.24. The van der Waals surface area contributed by atoms with Crippen LogP contribution in [0.2, 0.25) is 10.0 Å². The number of methoxy groups -OCH3 is 1. The Labute approximate surface area is 170 Å². The fourth-order valence-electron chi connectivity index (χ4n) is 2.47. The minimum atomic E-state index is -0.132. The summed E-state index contributed by atoms with van der Waals surface area (Å²) in [6.07, 6.45) is 3.17. The number of rotatable bonds is 7. The molecule has 0 radical (unpaired) electrons. The van der Waals surface area contributed by atoms with E-state index in [0.717, 1.165) is 11.1 Å². The van der Waals surface area contributed by atoms with Crippen LogP contribution >= 0.6 is 23.2 Å². The smallest absolute Gasteiger partial charge is 0.246 e. The second-order valence-electron chi connectivity index (χ2n) is 6.36. The van der Waals surface area contributed by atoms with Gasteiger partial charge in [-0.15, -0.1) is 0 Å². The quantitative estimate of drug-likeness (QED) is 0.571. The Morgan fingerprint density at radius 2 is 1.96 bits per heavy atom. The fourth-order valence-corrected chi connectivity index (χ4v) is 2.94. The number of ether oxygens (including phenoxy) is 2. The van der Waals surface area contributed by atoms with Gasteiger partial charge in [0.2, 0.25) is 5.91 Å². The average Bonchev–Trinajstić information content (AvgIpc) is 2.61. The summed E-state index contributed by atoms with van der Waals surface area (Å²) in [4.78, 5) is 14.0. The Hall–Kier alpha value is -2.17. The number of carbonyl (C=O) groups excluding carboxylic acids is 1. The summed E-state index contributed by atoms with van der Waals surface area (Å²) in [5, 5.41) is 1.08. The molecule has 0 saturated heterocycles. The van der Waals surface area contributed by atoms with E-state index in [1.807, 2.05) is 32.0 Å². The number of halogens is 2. The van der Waals surface area contributed by atoms with E-state index in [1.165, 1.54) is 6.08 Å². The van der Waals surface area contributed by atoms with Crippen LogP contribution in [0.1, 0.15) is 25.0 Å².